The van der Waals surface area contributed by atoms with E-state index in [9.17, 15) is 9.59 Å². The molecular weight excluding hydrogens is 258 g/mol. The van der Waals surface area contributed by atoms with Gasteiger partial charge in [0.2, 0.25) is 0 Å². The minimum atomic E-state index is -1.43. The lowest BCUT2D eigenvalue weighted by atomic mass is 10.1. The van der Waals surface area contributed by atoms with Gasteiger partial charge in [-0.05, 0) is 30.7 Å². The second-order valence-corrected chi connectivity index (χ2v) is 4.65. The van der Waals surface area contributed by atoms with Gasteiger partial charge in [-0.3, -0.25) is 4.79 Å². The van der Waals surface area contributed by atoms with Crippen molar-refractivity contribution in [2.24, 2.45) is 0 Å². The number of ether oxygens (including phenoxy) is 1. The average molecular weight is 275 g/mol. The van der Waals surface area contributed by atoms with Crippen LogP contribution in [0.25, 0.3) is 6.08 Å². The Hall–Kier alpha value is -2.14. The van der Waals surface area contributed by atoms with Crippen LogP contribution >= 0.6 is 0 Å². The first-order valence-corrected chi connectivity index (χ1v) is 6.46. The van der Waals surface area contributed by atoms with Crippen LogP contribution in [-0.4, -0.2) is 43.2 Å². The molecule has 1 aliphatic rings. The molecule has 0 aliphatic carbocycles. The number of anilines is 1. The largest absolute Gasteiger partial charge is 0.475 e. The van der Waals surface area contributed by atoms with E-state index < -0.39 is 11.8 Å². The monoisotopic (exact) mass is 275 g/mol. The quantitative estimate of drug-likeness (QED) is 0.667. The fourth-order valence-corrected chi connectivity index (χ4v) is 2.09. The van der Waals surface area contributed by atoms with Gasteiger partial charge in [0.1, 0.15) is 0 Å². The molecule has 0 aromatic heterocycles. The van der Waals surface area contributed by atoms with Crippen molar-refractivity contribution in [3.8, 4) is 0 Å². The van der Waals surface area contributed by atoms with E-state index in [1.165, 1.54) is 6.92 Å². The number of aliphatic carboxylic acids is 1. The Morgan fingerprint density at radius 2 is 1.80 bits per heavy atom. The summed E-state index contributed by atoms with van der Waals surface area (Å²) in [4.78, 5) is 24.1. The highest BCUT2D eigenvalue weighted by molar-refractivity contribution is 6.40. The normalized spacial score (nSPS) is 16.1. The van der Waals surface area contributed by atoms with Gasteiger partial charge in [-0.25, -0.2) is 4.79 Å². The Labute approximate surface area is 117 Å². The number of morpholine rings is 1. The molecule has 1 aromatic rings. The lowest BCUT2D eigenvalue weighted by Gasteiger charge is -2.28. The van der Waals surface area contributed by atoms with Gasteiger partial charge >= 0.3 is 5.97 Å². The van der Waals surface area contributed by atoms with Crippen molar-refractivity contribution in [3.05, 3.63) is 35.4 Å². The van der Waals surface area contributed by atoms with Crippen LogP contribution in [0, 0.1) is 0 Å². The number of hydrogen-bond donors (Lipinski definition) is 1. The summed E-state index contributed by atoms with van der Waals surface area (Å²) < 4.78 is 5.30. The van der Waals surface area contributed by atoms with Gasteiger partial charge in [0.15, 0.2) is 0 Å². The Morgan fingerprint density at radius 3 is 2.35 bits per heavy atom. The molecule has 0 atom stereocenters. The van der Waals surface area contributed by atoms with E-state index >= 15 is 0 Å². The minimum Gasteiger partial charge on any atom is -0.475 e. The molecule has 0 amide bonds. The first-order valence-electron chi connectivity index (χ1n) is 6.46. The molecule has 1 aromatic carbocycles. The zero-order valence-corrected chi connectivity index (χ0v) is 11.3. The predicted molar refractivity (Wildman–Crippen MR) is 75.8 cm³/mol. The van der Waals surface area contributed by atoms with E-state index in [-0.39, 0.29) is 5.57 Å². The standard InChI is InChI=1S/C15H17NO4/c1-11(14(17)15(18)19)10-12-2-4-13(5-3-12)16-6-8-20-9-7-16/h2-5,10H,6-9H2,1H3,(H,18,19)/b11-10+. The van der Waals surface area contributed by atoms with Crippen LogP contribution in [-0.2, 0) is 14.3 Å². The molecule has 2 rings (SSSR count). The SMILES string of the molecule is C/C(=C\c1ccc(N2CCOCC2)cc1)C(=O)C(=O)O. The van der Waals surface area contributed by atoms with Gasteiger partial charge in [-0.15, -0.1) is 0 Å². The maximum Gasteiger partial charge on any atom is 0.376 e. The molecule has 0 bridgehead atoms. The molecule has 1 heterocycles. The van der Waals surface area contributed by atoms with E-state index in [4.69, 9.17) is 9.84 Å². The van der Waals surface area contributed by atoms with Gasteiger partial charge < -0.3 is 14.7 Å². The third kappa shape index (κ3) is 3.45. The summed E-state index contributed by atoms with van der Waals surface area (Å²) >= 11 is 0. The topological polar surface area (TPSA) is 66.8 Å². The van der Waals surface area contributed by atoms with Crippen LogP contribution in [0.4, 0.5) is 5.69 Å². The van der Waals surface area contributed by atoms with Gasteiger partial charge in [0, 0.05) is 24.4 Å². The summed E-state index contributed by atoms with van der Waals surface area (Å²) in [5.41, 5.74) is 2.14. The molecule has 0 radical (unpaired) electrons. The smallest absolute Gasteiger partial charge is 0.376 e. The van der Waals surface area contributed by atoms with Crippen molar-refractivity contribution in [3.63, 3.8) is 0 Å². The third-order valence-electron chi connectivity index (χ3n) is 3.20. The maximum absolute atomic E-state index is 11.3. The number of benzene rings is 1. The van der Waals surface area contributed by atoms with Gasteiger partial charge in [0.25, 0.3) is 5.78 Å². The molecule has 1 aliphatic heterocycles. The Balaban J connectivity index is 2.09. The minimum absolute atomic E-state index is 0.219. The molecule has 106 valence electrons. The predicted octanol–water partition coefficient (Wildman–Crippen LogP) is 1.58. The molecular formula is C15H17NO4. The van der Waals surface area contributed by atoms with Crippen LogP contribution in [0.3, 0.4) is 0 Å². The van der Waals surface area contributed by atoms with Gasteiger partial charge in [-0.1, -0.05) is 12.1 Å². The highest BCUT2D eigenvalue weighted by Crippen LogP contribution is 2.18. The second kappa shape index (κ2) is 6.34. The molecule has 1 N–H and O–H groups in total. The fourth-order valence-electron chi connectivity index (χ4n) is 2.09. The van der Waals surface area contributed by atoms with Crippen molar-refractivity contribution < 1.29 is 19.4 Å². The van der Waals surface area contributed by atoms with Crippen LogP contribution < -0.4 is 4.90 Å². The van der Waals surface area contributed by atoms with Crippen LogP contribution in [0.1, 0.15) is 12.5 Å². The number of hydrogen-bond acceptors (Lipinski definition) is 4. The lowest BCUT2D eigenvalue weighted by Crippen LogP contribution is -2.36. The lowest BCUT2D eigenvalue weighted by molar-refractivity contribution is -0.147. The van der Waals surface area contributed by atoms with Crippen molar-refractivity contribution in [1.82, 2.24) is 0 Å². The van der Waals surface area contributed by atoms with E-state index in [0.29, 0.717) is 0 Å². The Bertz CT molecular complexity index is 527. The number of nitrogens with zero attached hydrogens (tertiary/aromatic N) is 1. The van der Waals surface area contributed by atoms with E-state index in [0.717, 1.165) is 37.6 Å². The number of carboxylic acids is 1. The van der Waals surface area contributed by atoms with Crippen molar-refractivity contribution >= 4 is 23.5 Å². The summed E-state index contributed by atoms with van der Waals surface area (Å²) in [5.74, 6) is -2.30. The number of ketones is 1. The first-order chi connectivity index (χ1) is 9.58. The van der Waals surface area contributed by atoms with E-state index in [2.05, 4.69) is 4.90 Å². The van der Waals surface area contributed by atoms with E-state index in [1.54, 1.807) is 6.08 Å². The van der Waals surface area contributed by atoms with Crippen LogP contribution in [0.2, 0.25) is 0 Å². The van der Waals surface area contributed by atoms with Gasteiger partial charge in [-0.2, -0.15) is 0 Å². The molecule has 0 spiro atoms. The van der Waals surface area contributed by atoms with Crippen LogP contribution in [0.5, 0.6) is 0 Å². The number of carbonyl (C=O) groups is 2. The zero-order valence-electron chi connectivity index (χ0n) is 11.3. The van der Waals surface area contributed by atoms with Crippen molar-refractivity contribution in [1.29, 1.82) is 0 Å². The highest BCUT2D eigenvalue weighted by Gasteiger charge is 2.14. The number of carboxylic acid groups (broad SMARTS) is 1. The van der Waals surface area contributed by atoms with Gasteiger partial charge in [0.05, 0.1) is 13.2 Å². The third-order valence-corrected chi connectivity index (χ3v) is 3.20. The molecule has 1 saturated heterocycles. The van der Waals surface area contributed by atoms with Crippen molar-refractivity contribution in [2.75, 3.05) is 31.2 Å². The van der Waals surface area contributed by atoms with E-state index in [1.807, 2.05) is 24.3 Å². The van der Waals surface area contributed by atoms with Crippen molar-refractivity contribution in [2.45, 2.75) is 6.92 Å². The number of Topliss-reactive ketones (excluding diaryl/α,β-unsaturated/α-hetero) is 1. The molecule has 5 heteroatoms. The maximum atomic E-state index is 11.3. The Morgan fingerprint density at radius 1 is 1.20 bits per heavy atom. The molecule has 1 fully saturated rings. The summed E-state index contributed by atoms with van der Waals surface area (Å²) in [6.45, 7) is 4.70. The molecule has 0 unspecified atom stereocenters. The number of carbonyl (C=O) groups excluding carboxylic acids is 1. The first kappa shape index (κ1) is 14.3. The highest BCUT2D eigenvalue weighted by atomic mass is 16.5. The Kier molecular flexibility index (Phi) is 4.53. The molecule has 5 nitrogen and oxygen atoms in total. The summed E-state index contributed by atoms with van der Waals surface area (Å²) in [6.07, 6.45) is 1.58. The van der Waals surface area contributed by atoms with Crippen LogP contribution in [0.15, 0.2) is 29.8 Å². The fraction of sp³-hybridized carbons (Fsp3) is 0.333. The average Bonchev–Trinajstić information content (AvgIpc) is 2.48. The summed E-state index contributed by atoms with van der Waals surface area (Å²) in [6, 6.07) is 7.69. The molecule has 0 saturated carbocycles. The molecule has 20 heavy (non-hydrogen) atoms. The zero-order chi connectivity index (χ0) is 14.5. The second-order valence-electron chi connectivity index (χ2n) is 4.65. The number of rotatable bonds is 4. The summed E-state index contributed by atoms with van der Waals surface area (Å²) in [5, 5.41) is 8.64. The summed E-state index contributed by atoms with van der Waals surface area (Å²) in [7, 11) is 0.